The summed E-state index contributed by atoms with van der Waals surface area (Å²) >= 11 is 0. The predicted molar refractivity (Wildman–Crippen MR) is 80.7 cm³/mol. The molecule has 2 atom stereocenters. The zero-order valence-corrected chi connectivity index (χ0v) is 13.5. The van der Waals surface area contributed by atoms with E-state index in [1.165, 1.54) is 0 Å². The first kappa shape index (κ1) is 16.9. The monoisotopic (exact) mass is 290 g/mol. The molecule has 0 aliphatic carbocycles. The molecule has 5 heteroatoms. The minimum Gasteiger partial charge on any atom is -0.314 e. The van der Waals surface area contributed by atoms with Gasteiger partial charge in [-0.25, -0.2) is 12.7 Å². The molecular formula is C14H30N2O2S. The Labute approximate surface area is 119 Å². The molecule has 0 bridgehead atoms. The number of nitrogens with one attached hydrogen (secondary N) is 1. The van der Waals surface area contributed by atoms with Crippen molar-refractivity contribution in [2.75, 3.05) is 25.4 Å². The maximum atomic E-state index is 12.2. The highest BCUT2D eigenvalue weighted by Crippen LogP contribution is 2.23. The quantitative estimate of drug-likeness (QED) is 0.745. The molecule has 0 saturated carbocycles. The molecule has 0 radical (unpaired) electrons. The van der Waals surface area contributed by atoms with E-state index >= 15 is 0 Å². The van der Waals surface area contributed by atoms with Gasteiger partial charge in [-0.2, -0.15) is 0 Å². The summed E-state index contributed by atoms with van der Waals surface area (Å²) in [5, 5.41) is 3.57. The van der Waals surface area contributed by atoms with Crippen molar-refractivity contribution in [1.29, 1.82) is 0 Å². The van der Waals surface area contributed by atoms with Gasteiger partial charge < -0.3 is 5.32 Å². The van der Waals surface area contributed by atoms with Gasteiger partial charge in [-0.05, 0) is 31.7 Å². The van der Waals surface area contributed by atoms with Gasteiger partial charge in [0, 0.05) is 19.1 Å². The first-order chi connectivity index (χ1) is 9.05. The molecule has 114 valence electrons. The highest BCUT2D eigenvalue weighted by Gasteiger charge is 2.33. The average molecular weight is 290 g/mol. The zero-order chi connectivity index (χ0) is 14.3. The number of hydrogen-bond acceptors (Lipinski definition) is 3. The smallest absolute Gasteiger partial charge is 0.214 e. The van der Waals surface area contributed by atoms with E-state index in [9.17, 15) is 8.42 Å². The van der Waals surface area contributed by atoms with Gasteiger partial charge in [-0.1, -0.05) is 33.6 Å². The van der Waals surface area contributed by atoms with E-state index in [0.29, 0.717) is 30.8 Å². The first-order valence-corrected chi connectivity index (χ1v) is 9.37. The Hall–Kier alpha value is -0.130. The third-order valence-corrected chi connectivity index (χ3v) is 5.95. The lowest BCUT2D eigenvalue weighted by Gasteiger charge is -2.38. The summed E-state index contributed by atoms with van der Waals surface area (Å²) in [5.41, 5.74) is 0. The van der Waals surface area contributed by atoms with Crippen LogP contribution in [-0.4, -0.2) is 44.2 Å². The number of rotatable bonds is 8. The molecule has 1 aliphatic rings. The first-order valence-electron chi connectivity index (χ1n) is 7.76. The Morgan fingerprint density at radius 1 is 1.21 bits per heavy atom. The molecule has 1 saturated heterocycles. The van der Waals surface area contributed by atoms with Crippen molar-refractivity contribution in [3.05, 3.63) is 0 Å². The van der Waals surface area contributed by atoms with Crippen molar-refractivity contribution < 1.29 is 8.42 Å². The van der Waals surface area contributed by atoms with Gasteiger partial charge in [0.05, 0.1) is 5.75 Å². The summed E-state index contributed by atoms with van der Waals surface area (Å²) in [5.74, 6) is 0.768. The number of piperidine rings is 1. The second-order valence-electron chi connectivity index (χ2n) is 5.55. The van der Waals surface area contributed by atoms with Crippen LogP contribution in [0.4, 0.5) is 0 Å². The number of unbranched alkanes of at least 4 members (excludes halogenated alkanes) is 1. The topological polar surface area (TPSA) is 49.4 Å². The lowest BCUT2D eigenvalue weighted by Crippen LogP contribution is -2.51. The molecular weight excluding hydrogens is 260 g/mol. The fourth-order valence-corrected chi connectivity index (χ4v) is 4.43. The van der Waals surface area contributed by atoms with E-state index in [0.717, 1.165) is 38.6 Å². The van der Waals surface area contributed by atoms with Crippen molar-refractivity contribution in [3.8, 4) is 0 Å². The van der Waals surface area contributed by atoms with Crippen molar-refractivity contribution in [1.82, 2.24) is 9.62 Å². The fourth-order valence-electron chi connectivity index (χ4n) is 2.72. The highest BCUT2D eigenvalue weighted by atomic mass is 32.2. The Morgan fingerprint density at radius 2 is 1.95 bits per heavy atom. The van der Waals surface area contributed by atoms with Gasteiger partial charge in [0.25, 0.3) is 0 Å². The van der Waals surface area contributed by atoms with Crippen LogP contribution in [0.2, 0.25) is 0 Å². The molecule has 2 unspecified atom stereocenters. The van der Waals surface area contributed by atoms with Crippen LogP contribution in [0.15, 0.2) is 0 Å². The Morgan fingerprint density at radius 3 is 2.53 bits per heavy atom. The summed E-state index contributed by atoms with van der Waals surface area (Å²) in [7, 11) is -3.03. The largest absolute Gasteiger partial charge is 0.314 e. The van der Waals surface area contributed by atoms with E-state index in [2.05, 4.69) is 19.2 Å². The molecule has 0 aromatic rings. The van der Waals surface area contributed by atoms with Crippen LogP contribution >= 0.6 is 0 Å². The second kappa shape index (κ2) is 8.22. The SMILES string of the molecule is CCCCS(=O)(=O)N1CCC(NCCC)C(CC)C1. The minimum absolute atomic E-state index is 0.312. The second-order valence-corrected chi connectivity index (χ2v) is 7.63. The fraction of sp³-hybridized carbons (Fsp3) is 1.00. The number of sulfonamides is 1. The van der Waals surface area contributed by atoms with E-state index in [1.54, 1.807) is 4.31 Å². The van der Waals surface area contributed by atoms with Gasteiger partial charge in [-0.15, -0.1) is 0 Å². The van der Waals surface area contributed by atoms with Crippen LogP contribution in [-0.2, 0) is 10.0 Å². The summed E-state index contributed by atoms with van der Waals surface area (Å²) in [6.45, 7) is 8.77. The standard InChI is InChI=1S/C14H30N2O2S/c1-4-7-11-19(17,18)16-10-8-14(15-9-5-2)13(6-3)12-16/h13-15H,4-12H2,1-3H3. The van der Waals surface area contributed by atoms with E-state index < -0.39 is 10.0 Å². The maximum Gasteiger partial charge on any atom is 0.214 e. The summed E-state index contributed by atoms with van der Waals surface area (Å²) in [6.07, 6.45) is 4.83. The average Bonchev–Trinajstić information content (AvgIpc) is 2.42. The molecule has 0 spiro atoms. The van der Waals surface area contributed by atoms with Crippen LogP contribution in [0.25, 0.3) is 0 Å². The predicted octanol–water partition coefficient (Wildman–Crippen LogP) is 2.22. The molecule has 1 N–H and O–H groups in total. The Bertz CT molecular complexity index is 343. The van der Waals surface area contributed by atoms with E-state index in [4.69, 9.17) is 0 Å². The molecule has 0 amide bonds. The summed E-state index contributed by atoms with van der Waals surface area (Å²) < 4.78 is 26.2. The van der Waals surface area contributed by atoms with Crippen LogP contribution in [0.3, 0.4) is 0 Å². The van der Waals surface area contributed by atoms with Crippen LogP contribution in [0, 0.1) is 5.92 Å². The molecule has 1 fully saturated rings. The molecule has 0 aromatic heterocycles. The molecule has 1 heterocycles. The van der Waals surface area contributed by atoms with Crippen LogP contribution < -0.4 is 5.32 Å². The Kier molecular flexibility index (Phi) is 7.32. The molecule has 0 aromatic carbocycles. The lowest BCUT2D eigenvalue weighted by molar-refractivity contribution is 0.202. The van der Waals surface area contributed by atoms with Crippen molar-refractivity contribution >= 4 is 10.0 Å². The van der Waals surface area contributed by atoms with E-state index in [-0.39, 0.29) is 0 Å². The van der Waals surface area contributed by atoms with E-state index in [1.807, 2.05) is 6.92 Å². The van der Waals surface area contributed by atoms with Crippen LogP contribution in [0.1, 0.15) is 52.9 Å². The number of hydrogen-bond donors (Lipinski definition) is 1. The maximum absolute atomic E-state index is 12.2. The molecule has 1 aliphatic heterocycles. The lowest BCUT2D eigenvalue weighted by atomic mass is 9.91. The van der Waals surface area contributed by atoms with Crippen molar-refractivity contribution in [3.63, 3.8) is 0 Å². The molecule has 19 heavy (non-hydrogen) atoms. The summed E-state index contributed by atoms with van der Waals surface area (Å²) in [6, 6.07) is 0.488. The zero-order valence-electron chi connectivity index (χ0n) is 12.7. The molecule has 1 rings (SSSR count). The summed E-state index contributed by atoms with van der Waals surface area (Å²) in [4.78, 5) is 0. The third kappa shape index (κ3) is 5.04. The number of nitrogens with zero attached hydrogens (tertiary/aromatic N) is 1. The van der Waals surface area contributed by atoms with Crippen molar-refractivity contribution in [2.24, 2.45) is 5.92 Å². The van der Waals surface area contributed by atoms with Gasteiger partial charge in [0.1, 0.15) is 0 Å². The van der Waals surface area contributed by atoms with Gasteiger partial charge in [0.15, 0.2) is 0 Å². The van der Waals surface area contributed by atoms with Gasteiger partial charge in [-0.3, -0.25) is 0 Å². The van der Waals surface area contributed by atoms with Crippen LogP contribution in [0.5, 0.6) is 0 Å². The van der Waals surface area contributed by atoms with Crippen molar-refractivity contribution in [2.45, 2.75) is 58.9 Å². The Balaban J connectivity index is 2.58. The minimum atomic E-state index is -3.03. The van der Waals surface area contributed by atoms with Gasteiger partial charge >= 0.3 is 0 Å². The highest BCUT2D eigenvalue weighted by molar-refractivity contribution is 7.89. The molecule has 4 nitrogen and oxygen atoms in total. The van der Waals surface area contributed by atoms with Gasteiger partial charge in [0.2, 0.25) is 10.0 Å². The normalized spacial score (nSPS) is 25.6. The third-order valence-electron chi connectivity index (χ3n) is 4.03.